The highest BCUT2D eigenvalue weighted by molar-refractivity contribution is 6.58. The Morgan fingerprint density at radius 1 is 0.762 bits per heavy atom. The molecular formula is C17H14BNO2. The van der Waals surface area contributed by atoms with E-state index in [1.165, 1.54) is 0 Å². The third-order valence-electron chi connectivity index (χ3n) is 3.37. The van der Waals surface area contributed by atoms with Gasteiger partial charge in [-0.3, -0.25) is 4.98 Å². The molecule has 0 aliphatic heterocycles. The molecule has 0 atom stereocenters. The van der Waals surface area contributed by atoms with Gasteiger partial charge < -0.3 is 10.0 Å². The van der Waals surface area contributed by atoms with Gasteiger partial charge in [0.2, 0.25) is 0 Å². The van der Waals surface area contributed by atoms with Gasteiger partial charge in [0.25, 0.3) is 0 Å². The summed E-state index contributed by atoms with van der Waals surface area (Å²) in [6.45, 7) is 0. The minimum atomic E-state index is -1.48. The second kappa shape index (κ2) is 5.91. The maximum absolute atomic E-state index is 9.40. The number of hydrogen-bond acceptors (Lipinski definition) is 3. The zero-order valence-electron chi connectivity index (χ0n) is 11.3. The van der Waals surface area contributed by atoms with E-state index in [2.05, 4.69) is 4.98 Å². The molecule has 0 radical (unpaired) electrons. The van der Waals surface area contributed by atoms with Crippen molar-refractivity contribution < 1.29 is 10.0 Å². The van der Waals surface area contributed by atoms with Crippen LogP contribution >= 0.6 is 0 Å². The van der Waals surface area contributed by atoms with Crippen molar-refractivity contribution in [1.29, 1.82) is 0 Å². The average Bonchev–Trinajstić information content (AvgIpc) is 2.56. The van der Waals surface area contributed by atoms with Crippen LogP contribution in [0.15, 0.2) is 72.9 Å². The van der Waals surface area contributed by atoms with E-state index in [9.17, 15) is 10.0 Å². The van der Waals surface area contributed by atoms with Crippen molar-refractivity contribution in [3.8, 4) is 22.4 Å². The number of benzene rings is 2. The first-order valence-corrected chi connectivity index (χ1v) is 6.72. The summed E-state index contributed by atoms with van der Waals surface area (Å²) in [6.07, 6.45) is 1.75. The van der Waals surface area contributed by atoms with E-state index in [-0.39, 0.29) is 0 Å². The molecule has 0 unspecified atom stereocenters. The quantitative estimate of drug-likeness (QED) is 0.720. The summed E-state index contributed by atoms with van der Waals surface area (Å²) >= 11 is 0. The topological polar surface area (TPSA) is 53.4 Å². The van der Waals surface area contributed by atoms with Gasteiger partial charge in [0.15, 0.2) is 0 Å². The molecule has 0 amide bonds. The van der Waals surface area contributed by atoms with Gasteiger partial charge in [-0.2, -0.15) is 0 Å². The first-order valence-electron chi connectivity index (χ1n) is 6.72. The van der Waals surface area contributed by atoms with Crippen LogP contribution in [-0.2, 0) is 0 Å². The van der Waals surface area contributed by atoms with E-state index in [0.29, 0.717) is 5.46 Å². The van der Waals surface area contributed by atoms with Crippen LogP contribution in [0.25, 0.3) is 22.4 Å². The smallest absolute Gasteiger partial charge is 0.423 e. The van der Waals surface area contributed by atoms with Gasteiger partial charge in [-0.1, -0.05) is 54.6 Å². The zero-order chi connectivity index (χ0) is 14.7. The maximum atomic E-state index is 9.40. The first kappa shape index (κ1) is 13.6. The van der Waals surface area contributed by atoms with E-state index < -0.39 is 7.12 Å². The second-order valence-electron chi connectivity index (χ2n) is 4.76. The lowest BCUT2D eigenvalue weighted by atomic mass is 9.78. The molecule has 21 heavy (non-hydrogen) atoms. The van der Waals surface area contributed by atoms with Gasteiger partial charge in [-0.15, -0.1) is 0 Å². The second-order valence-corrected chi connectivity index (χ2v) is 4.76. The Morgan fingerprint density at radius 2 is 1.52 bits per heavy atom. The number of rotatable bonds is 3. The predicted molar refractivity (Wildman–Crippen MR) is 84.9 cm³/mol. The van der Waals surface area contributed by atoms with E-state index in [1.807, 2.05) is 54.6 Å². The Hall–Kier alpha value is -2.43. The zero-order valence-corrected chi connectivity index (χ0v) is 11.3. The Kier molecular flexibility index (Phi) is 3.82. The van der Waals surface area contributed by atoms with Crippen LogP contribution in [0.1, 0.15) is 0 Å². The summed E-state index contributed by atoms with van der Waals surface area (Å²) in [6, 6.07) is 21.0. The van der Waals surface area contributed by atoms with Crippen LogP contribution in [-0.4, -0.2) is 22.2 Å². The highest BCUT2D eigenvalue weighted by Crippen LogP contribution is 2.29. The molecule has 1 aromatic heterocycles. The van der Waals surface area contributed by atoms with Gasteiger partial charge in [-0.25, -0.2) is 0 Å². The molecule has 0 bridgehead atoms. The highest BCUT2D eigenvalue weighted by Gasteiger charge is 2.15. The lowest BCUT2D eigenvalue weighted by molar-refractivity contribution is 0.426. The molecule has 3 aromatic rings. The summed E-state index contributed by atoms with van der Waals surface area (Å²) in [5.74, 6) is 0. The SMILES string of the molecule is OB(O)c1ccc(-c2ccccn2)c(-c2ccccc2)c1. The lowest BCUT2D eigenvalue weighted by Gasteiger charge is -2.12. The standard InChI is InChI=1S/C17H14BNO2/c20-18(21)14-9-10-15(17-8-4-5-11-19-17)16(12-14)13-6-2-1-3-7-13/h1-12,20-21H. The molecule has 0 fully saturated rings. The molecule has 102 valence electrons. The lowest BCUT2D eigenvalue weighted by Crippen LogP contribution is -2.29. The number of aromatic nitrogens is 1. The Balaban J connectivity index is 2.21. The largest absolute Gasteiger partial charge is 0.488 e. The molecule has 1 heterocycles. The fraction of sp³-hybridized carbons (Fsp3) is 0. The van der Waals surface area contributed by atoms with Crippen LogP contribution in [0.2, 0.25) is 0 Å². The van der Waals surface area contributed by atoms with Crippen LogP contribution in [0, 0.1) is 0 Å². The molecule has 0 saturated carbocycles. The van der Waals surface area contributed by atoms with Crippen molar-refractivity contribution in [2.24, 2.45) is 0 Å². The molecule has 4 heteroatoms. The highest BCUT2D eigenvalue weighted by atomic mass is 16.4. The summed E-state index contributed by atoms with van der Waals surface area (Å²) in [4.78, 5) is 4.38. The van der Waals surface area contributed by atoms with Gasteiger partial charge >= 0.3 is 7.12 Å². The molecule has 0 spiro atoms. The molecule has 0 aliphatic rings. The van der Waals surface area contributed by atoms with E-state index in [4.69, 9.17) is 0 Å². The number of pyridine rings is 1. The average molecular weight is 275 g/mol. The molecular weight excluding hydrogens is 261 g/mol. The van der Waals surface area contributed by atoms with Crippen molar-refractivity contribution in [1.82, 2.24) is 4.98 Å². The van der Waals surface area contributed by atoms with Gasteiger partial charge in [0.1, 0.15) is 0 Å². The molecule has 0 aliphatic carbocycles. The Morgan fingerprint density at radius 3 is 2.19 bits per heavy atom. The summed E-state index contributed by atoms with van der Waals surface area (Å²) < 4.78 is 0. The van der Waals surface area contributed by atoms with Crippen molar-refractivity contribution in [3.05, 3.63) is 72.9 Å². The van der Waals surface area contributed by atoms with E-state index >= 15 is 0 Å². The molecule has 2 N–H and O–H groups in total. The van der Waals surface area contributed by atoms with Crippen molar-refractivity contribution >= 4 is 12.6 Å². The molecule has 3 nitrogen and oxygen atoms in total. The molecule has 3 rings (SSSR count). The normalized spacial score (nSPS) is 10.4. The minimum absolute atomic E-state index is 0.466. The minimum Gasteiger partial charge on any atom is -0.423 e. The van der Waals surface area contributed by atoms with Gasteiger partial charge in [-0.05, 0) is 28.7 Å². The van der Waals surface area contributed by atoms with E-state index in [0.717, 1.165) is 22.4 Å². The maximum Gasteiger partial charge on any atom is 0.488 e. The predicted octanol–water partition coefficient (Wildman–Crippen LogP) is 2.10. The molecule has 0 saturated heterocycles. The van der Waals surface area contributed by atoms with Crippen LogP contribution in [0.3, 0.4) is 0 Å². The summed E-state index contributed by atoms with van der Waals surface area (Å²) in [5, 5.41) is 18.8. The van der Waals surface area contributed by atoms with Crippen LogP contribution in [0.4, 0.5) is 0 Å². The summed E-state index contributed by atoms with van der Waals surface area (Å²) in [5.41, 5.74) is 4.23. The van der Waals surface area contributed by atoms with Crippen LogP contribution < -0.4 is 5.46 Å². The Bertz CT molecular complexity index is 730. The molecule has 2 aromatic carbocycles. The van der Waals surface area contributed by atoms with Crippen LogP contribution in [0.5, 0.6) is 0 Å². The van der Waals surface area contributed by atoms with Gasteiger partial charge in [0.05, 0.1) is 5.69 Å². The number of hydrogen-bond donors (Lipinski definition) is 2. The first-order chi connectivity index (χ1) is 10.3. The Labute approximate surface area is 123 Å². The van der Waals surface area contributed by atoms with Crippen molar-refractivity contribution in [3.63, 3.8) is 0 Å². The van der Waals surface area contributed by atoms with Crippen molar-refractivity contribution in [2.75, 3.05) is 0 Å². The van der Waals surface area contributed by atoms with Gasteiger partial charge in [0, 0.05) is 11.8 Å². The van der Waals surface area contributed by atoms with E-state index in [1.54, 1.807) is 18.3 Å². The third-order valence-corrected chi connectivity index (χ3v) is 3.37. The number of nitrogens with zero attached hydrogens (tertiary/aromatic N) is 1. The van der Waals surface area contributed by atoms with Crippen molar-refractivity contribution in [2.45, 2.75) is 0 Å². The monoisotopic (exact) mass is 275 g/mol. The fourth-order valence-electron chi connectivity index (χ4n) is 2.32. The summed E-state index contributed by atoms with van der Waals surface area (Å²) in [7, 11) is -1.48. The third kappa shape index (κ3) is 2.87. The fourth-order valence-corrected chi connectivity index (χ4v) is 2.32.